The van der Waals surface area contributed by atoms with Crippen LogP contribution in [0.1, 0.15) is 10.4 Å². The van der Waals surface area contributed by atoms with Gasteiger partial charge in [-0.2, -0.15) is 5.01 Å². The molecule has 0 aliphatic heterocycles. The van der Waals surface area contributed by atoms with Crippen molar-refractivity contribution < 1.29 is 19.8 Å². The van der Waals surface area contributed by atoms with Crippen molar-refractivity contribution in [3.05, 3.63) is 29.8 Å². The lowest BCUT2D eigenvalue weighted by Gasteiger charge is -2.10. The highest BCUT2D eigenvalue weighted by atomic mass is 16.4. The second kappa shape index (κ2) is 3.75. The number of hydrazine groups is 1. The van der Waals surface area contributed by atoms with Crippen LogP contribution in [0.25, 0.3) is 0 Å². The lowest BCUT2D eigenvalue weighted by atomic mass is 10.2. The average molecular weight is 196 g/mol. The maximum atomic E-state index is 11.3. The minimum absolute atomic E-state index is 0.00898. The first-order chi connectivity index (χ1) is 6.54. The number of hydrogen-bond acceptors (Lipinski definition) is 4. The molecule has 0 saturated carbocycles. The van der Waals surface area contributed by atoms with Crippen molar-refractivity contribution in [3.8, 4) is 5.75 Å². The largest absolute Gasteiger partial charge is 0.507 e. The Kier molecular flexibility index (Phi) is 2.68. The maximum absolute atomic E-state index is 11.3. The van der Waals surface area contributed by atoms with Gasteiger partial charge in [0.05, 0.1) is 5.56 Å². The minimum Gasteiger partial charge on any atom is -0.507 e. The molecule has 0 spiro atoms. The topological polar surface area (TPSA) is 104 Å². The van der Waals surface area contributed by atoms with Crippen LogP contribution < -0.4 is 5.84 Å². The number of nitrogens with two attached hydrogens (primary N) is 1. The Morgan fingerprint density at radius 3 is 2.36 bits per heavy atom. The molecule has 6 nitrogen and oxygen atoms in total. The third-order valence-corrected chi connectivity index (χ3v) is 1.56. The monoisotopic (exact) mass is 196 g/mol. The van der Waals surface area contributed by atoms with E-state index in [9.17, 15) is 14.7 Å². The summed E-state index contributed by atoms with van der Waals surface area (Å²) in [6.45, 7) is 0. The summed E-state index contributed by atoms with van der Waals surface area (Å²) in [6.07, 6.45) is -1.58. The number of hydrogen-bond donors (Lipinski definition) is 3. The summed E-state index contributed by atoms with van der Waals surface area (Å²) < 4.78 is 0. The summed E-state index contributed by atoms with van der Waals surface area (Å²) >= 11 is 0. The van der Waals surface area contributed by atoms with Gasteiger partial charge in [0.25, 0.3) is 5.91 Å². The predicted octanol–water partition coefficient (Wildman–Crippen LogP) is 0.386. The Hall–Kier alpha value is -2.08. The zero-order valence-corrected chi connectivity index (χ0v) is 7.04. The van der Waals surface area contributed by atoms with Crippen molar-refractivity contribution in [2.45, 2.75) is 0 Å². The molecule has 1 rings (SSSR count). The Labute approximate surface area is 79.1 Å². The molecule has 0 radical (unpaired) electrons. The Morgan fingerprint density at radius 1 is 1.29 bits per heavy atom. The first kappa shape index (κ1) is 10.0. The second-order valence-corrected chi connectivity index (χ2v) is 2.47. The molecule has 1 aromatic rings. The van der Waals surface area contributed by atoms with Gasteiger partial charge >= 0.3 is 6.09 Å². The number of carbonyl (C=O) groups is 2. The second-order valence-electron chi connectivity index (χ2n) is 2.47. The van der Waals surface area contributed by atoms with Gasteiger partial charge in [-0.05, 0) is 12.1 Å². The van der Waals surface area contributed by atoms with Crippen LogP contribution in [0, 0.1) is 0 Å². The van der Waals surface area contributed by atoms with E-state index in [0.717, 1.165) is 0 Å². The number of amides is 2. The summed E-state index contributed by atoms with van der Waals surface area (Å²) in [6, 6.07) is 5.54. The van der Waals surface area contributed by atoms with E-state index in [-0.39, 0.29) is 16.3 Å². The SMILES string of the molecule is NN(C(=O)O)C(=O)c1ccccc1O. The van der Waals surface area contributed by atoms with Gasteiger partial charge in [0.2, 0.25) is 0 Å². The quantitative estimate of drug-likeness (QED) is 0.342. The van der Waals surface area contributed by atoms with Crippen molar-refractivity contribution >= 4 is 12.0 Å². The number of imide groups is 1. The number of nitrogens with zero attached hydrogens (tertiary/aromatic N) is 1. The molecule has 0 unspecified atom stereocenters. The zero-order chi connectivity index (χ0) is 10.7. The van der Waals surface area contributed by atoms with Crippen LogP contribution >= 0.6 is 0 Å². The van der Waals surface area contributed by atoms with E-state index < -0.39 is 12.0 Å². The van der Waals surface area contributed by atoms with Crippen LogP contribution in [0.2, 0.25) is 0 Å². The highest BCUT2D eigenvalue weighted by molar-refractivity contribution is 6.03. The molecule has 0 saturated heterocycles. The highest BCUT2D eigenvalue weighted by Crippen LogP contribution is 2.16. The van der Waals surface area contributed by atoms with Crippen LogP contribution in [0.5, 0.6) is 5.75 Å². The normalized spacial score (nSPS) is 9.50. The number of phenols is 1. The zero-order valence-electron chi connectivity index (χ0n) is 7.04. The fraction of sp³-hybridized carbons (Fsp3) is 0. The standard InChI is InChI=1S/C8H8N2O4/c9-10(8(13)14)7(12)5-3-1-2-4-6(5)11/h1-4,11H,9H2,(H,13,14). The summed E-state index contributed by atoms with van der Waals surface area (Å²) in [5, 5.41) is 17.6. The van der Waals surface area contributed by atoms with E-state index in [4.69, 9.17) is 10.9 Å². The molecule has 0 aromatic heterocycles. The van der Waals surface area contributed by atoms with E-state index >= 15 is 0 Å². The van der Waals surface area contributed by atoms with Crippen molar-refractivity contribution in [2.75, 3.05) is 0 Å². The van der Waals surface area contributed by atoms with E-state index in [1.807, 2.05) is 0 Å². The van der Waals surface area contributed by atoms with E-state index in [2.05, 4.69) is 0 Å². The molecule has 0 aliphatic rings. The third-order valence-electron chi connectivity index (χ3n) is 1.56. The van der Waals surface area contributed by atoms with Gasteiger partial charge in [-0.15, -0.1) is 0 Å². The van der Waals surface area contributed by atoms with E-state index in [1.165, 1.54) is 24.3 Å². The Morgan fingerprint density at radius 2 is 1.86 bits per heavy atom. The van der Waals surface area contributed by atoms with Crippen molar-refractivity contribution in [1.29, 1.82) is 0 Å². The van der Waals surface area contributed by atoms with Gasteiger partial charge in [-0.1, -0.05) is 12.1 Å². The van der Waals surface area contributed by atoms with Crippen LogP contribution in [-0.4, -0.2) is 27.2 Å². The lowest BCUT2D eigenvalue weighted by Crippen LogP contribution is -2.41. The molecule has 1 aromatic carbocycles. The first-order valence-corrected chi connectivity index (χ1v) is 3.64. The molecule has 2 amide bonds. The van der Waals surface area contributed by atoms with Gasteiger partial charge in [0.1, 0.15) is 5.75 Å². The number of aromatic hydroxyl groups is 1. The van der Waals surface area contributed by atoms with Crippen molar-refractivity contribution in [2.24, 2.45) is 5.84 Å². The third kappa shape index (κ3) is 1.80. The fourth-order valence-electron chi connectivity index (χ4n) is 0.871. The number of para-hydroxylation sites is 1. The molecular weight excluding hydrogens is 188 g/mol. The molecule has 0 heterocycles. The first-order valence-electron chi connectivity index (χ1n) is 3.64. The van der Waals surface area contributed by atoms with Gasteiger partial charge in [-0.3, -0.25) is 4.79 Å². The number of carboxylic acid groups (broad SMARTS) is 1. The van der Waals surface area contributed by atoms with E-state index in [0.29, 0.717) is 0 Å². The number of phenolic OH excluding ortho intramolecular Hbond substituents is 1. The average Bonchev–Trinajstić information content (AvgIpc) is 2.16. The Bertz CT molecular complexity index is 377. The number of carbonyl (C=O) groups excluding carboxylic acids is 1. The maximum Gasteiger partial charge on any atom is 0.429 e. The van der Waals surface area contributed by atoms with Crippen LogP contribution in [0.15, 0.2) is 24.3 Å². The van der Waals surface area contributed by atoms with Crippen molar-refractivity contribution in [3.63, 3.8) is 0 Å². The molecule has 0 bridgehead atoms. The number of rotatable bonds is 1. The predicted molar refractivity (Wildman–Crippen MR) is 46.5 cm³/mol. The summed E-state index contributed by atoms with van der Waals surface area (Å²) in [4.78, 5) is 21.6. The Balaban J connectivity index is 3.01. The molecule has 6 heteroatoms. The lowest BCUT2D eigenvalue weighted by molar-refractivity contribution is 0.0739. The van der Waals surface area contributed by atoms with Gasteiger partial charge in [0.15, 0.2) is 0 Å². The van der Waals surface area contributed by atoms with Crippen LogP contribution in [0.4, 0.5) is 4.79 Å². The van der Waals surface area contributed by atoms with Gasteiger partial charge in [0, 0.05) is 0 Å². The van der Waals surface area contributed by atoms with Crippen LogP contribution in [-0.2, 0) is 0 Å². The molecule has 0 fully saturated rings. The minimum atomic E-state index is -1.58. The molecule has 0 aliphatic carbocycles. The smallest absolute Gasteiger partial charge is 0.429 e. The van der Waals surface area contributed by atoms with Crippen LogP contribution in [0.3, 0.4) is 0 Å². The van der Waals surface area contributed by atoms with E-state index in [1.54, 1.807) is 0 Å². The van der Waals surface area contributed by atoms with Gasteiger partial charge in [-0.25, -0.2) is 10.6 Å². The fourth-order valence-corrected chi connectivity index (χ4v) is 0.871. The number of benzene rings is 1. The molecular formula is C8H8N2O4. The van der Waals surface area contributed by atoms with Crippen molar-refractivity contribution in [1.82, 2.24) is 5.01 Å². The molecule has 0 atom stereocenters. The summed E-state index contributed by atoms with van der Waals surface area (Å²) in [7, 11) is 0. The summed E-state index contributed by atoms with van der Waals surface area (Å²) in [5.74, 6) is 3.65. The molecule has 4 N–H and O–H groups in total. The molecule has 74 valence electrons. The summed E-state index contributed by atoms with van der Waals surface area (Å²) in [5.41, 5.74) is -0.155. The highest BCUT2D eigenvalue weighted by Gasteiger charge is 2.20. The molecule has 14 heavy (non-hydrogen) atoms. The van der Waals surface area contributed by atoms with Gasteiger partial charge < -0.3 is 10.2 Å².